The number of amides is 4. The molecule has 1 saturated carbocycles. The highest BCUT2D eigenvalue weighted by atomic mass is 32.1. The van der Waals surface area contributed by atoms with Gasteiger partial charge in [0.2, 0.25) is 0 Å². The van der Waals surface area contributed by atoms with Gasteiger partial charge in [-0.25, -0.2) is 9.78 Å². The summed E-state index contributed by atoms with van der Waals surface area (Å²) in [5.74, 6) is -0.646. The summed E-state index contributed by atoms with van der Waals surface area (Å²) in [4.78, 5) is 47.9. The van der Waals surface area contributed by atoms with Crippen LogP contribution in [0.15, 0.2) is 42.5 Å². The largest absolute Gasteiger partial charge is 0.485 e. The maximum atomic E-state index is 13.8. The molecule has 0 bridgehead atoms. The summed E-state index contributed by atoms with van der Waals surface area (Å²) in [5, 5.41) is 16.3. The molecule has 42 heavy (non-hydrogen) atoms. The quantitative estimate of drug-likeness (QED) is 0.364. The highest BCUT2D eigenvalue weighted by Gasteiger charge is 2.35. The predicted octanol–water partition coefficient (Wildman–Crippen LogP) is 4.74. The zero-order chi connectivity index (χ0) is 29.8. The van der Waals surface area contributed by atoms with Crippen LogP contribution in [-0.2, 0) is 0 Å². The molecule has 3 atom stereocenters. The Morgan fingerprint density at radius 1 is 1.17 bits per heavy atom. The Balaban J connectivity index is 1.43. The van der Waals surface area contributed by atoms with Gasteiger partial charge in [-0.05, 0) is 44.0 Å². The minimum atomic E-state index is -0.493. The van der Waals surface area contributed by atoms with E-state index in [-0.39, 0.29) is 48.4 Å². The number of hydrogen-bond donors (Lipinski definition) is 3. The summed E-state index contributed by atoms with van der Waals surface area (Å²) in [6, 6.07) is 12.2. The van der Waals surface area contributed by atoms with Crippen molar-refractivity contribution in [3.63, 3.8) is 0 Å². The highest BCUT2D eigenvalue weighted by Crippen LogP contribution is 2.35. The minimum absolute atomic E-state index is 0.158. The zero-order valence-corrected chi connectivity index (χ0v) is 25.2. The molecule has 4 amide bonds. The second kappa shape index (κ2) is 13.1. The number of carbonyl (C=O) groups excluding carboxylic acids is 3. The topological polar surface area (TPSA) is 124 Å². The number of para-hydroxylation sites is 2. The molecule has 0 radical (unpaired) electrons. The van der Waals surface area contributed by atoms with E-state index in [4.69, 9.17) is 4.74 Å². The molecule has 1 aromatic heterocycles. The van der Waals surface area contributed by atoms with E-state index in [1.807, 2.05) is 31.2 Å². The Bertz CT molecular complexity index is 1410. The van der Waals surface area contributed by atoms with Gasteiger partial charge in [-0.2, -0.15) is 0 Å². The number of aromatic nitrogens is 1. The first kappa shape index (κ1) is 29.8. The van der Waals surface area contributed by atoms with E-state index in [1.54, 1.807) is 42.0 Å². The fourth-order valence-corrected chi connectivity index (χ4v) is 6.45. The first-order chi connectivity index (χ1) is 20.2. The number of anilines is 1. The second-order valence-corrected chi connectivity index (χ2v) is 12.4. The number of urea groups is 1. The smallest absolute Gasteiger partial charge is 0.317 e. The molecule has 5 rings (SSSR count). The van der Waals surface area contributed by atoms with Crippen LogP contribution in [0.1, 0.15) is 66.1 Å². The Kier molecular flexibility index (Phi) is 9.27. The third-order valence-electron chi connectivity index (χ3n) is 8.16. The number of aliphatic hydroxyl groups is 1. The van der Waals surface area contributed by atoms with Gasteiger partial charge in [-0.15, -0.1) is 11.3 Å². The molecule has 1 aliphatic carbocycles. The van der Waals surface area contributed by atoms with Crippen molar-refractivity contribution in [2.45, 2.75) is 64.1 Å². The number of nitrogens with zero attached hydrogens (tertiary/aromatic N) is 3. The van der Waals surface area contributed by atoms with Crippen molar-refractivity contribution in [1.82, 2.24) is 20.1 Å². The minimum Gasteiger partial charge on any atom is -0.485 e. The van der Waals surface area contributed by atoms with E-state index in [1.165, 1.54) is 17.8 Å². The number of rotatable bonds is 7. The predicted molar refractivity (Wildman–Crippen MR) is 163 cm³/mol. The molecule has 0 spiro atoms. The number of ether oxygens (including phenoxy) is 1. The van der Waals surface area contributed by atoms with Crippen molar-refractivity contribution in [1.29, 1.82) is 0 Å². The highest BCUT2D eigenvalue weighted by molar-refractivity contribution is 7.20. The van der Waals surface area contributed by atoms with Crippen molar-refractivity contribution in [3.05, 3.63) is 53.0 Å². The average Bonchev–Trinajstić information content (AvgIpc) is 3.44. The summed E-state index contributed by atoms with van der Waals surface area (Å²) in [5.41, 5.74) is 1.36. The fourth-order valence-electron chi connectivity index (χ4n) is 5.59. The Labute approximate surface area is 250 Å². The van der Waals surface area contributed by atoms with Crippen LogP contribution in [0, 0.1) is 5.92 Å². The van der Waals surface area contributed by atoms with Gasteiger partial charge >= 0.3 is 6.03 Å². The van der Waals surface area contributed by atoms with Gasteiger partial charge in [0, 0.05) is 25.6 Å². The van der Waals surface area contributed by atoms with Gasteiger partial charge in [-0.3, -0.25) is 9.59 Å². The lowest BCUT2D eigenvalue weighted by Gasteiger charge is -2.38. The monoisotopic (exact) mass is 593 g/mol. The van der Waals surface area contributed by atoms with Crippen LogP contribution >= 0.6 is 11.3 Å². The van der Waals surface area contributed by atoms with Crippen molar-refractivity contribution in [2.75, 3.05) is 32.1 Å². The third kappa shape index (κ3) is 6.52. The van der Waals surface area contributed by atoms with Crippen LogP contribution < -0.4 is 15.4 Å². The Morgan fingerprint density at radius 2 is 1.93 bits per heavy atom. The molecule has 1 fully saturated rings. The van der Waals surface area contributed by atoms with E-state index >= 15 is 0 Å². The van der Waals surface area contributed by atoms with Crippen molar-refractivity contribution in [2.24, 2.45) is 5.92 Å². The number of benzene rings is 2. The van der Waals surface area contributed by atoms with Crippen LogP contribution in [0.3, 0.4) is 0 Å². The van der Waals surface area contributed by atoms with Gasteiger partial charge in [0.05, 0.1) is 40.7 Å². The first-order valence-electron chi connectivity index (χ1n) is 14.6. The molecule has 11 heteroatoms. The lowest BCUT2D eigenvalue weighted by molar-refractivity contribution is 0.0367. The molecule has 10 nitrogen and oxygen atoms in total. The van der Waals surface area contributed by atoms with E-state index in [0.717, 1.165) is 35.9 Å². The first-order valence-corrected chi connectivity index (χ1v) is 15.5. The molecule has 224 valence electrons. The number of aliphatic hydroxyl groups excluding tert-OH is 1. The van der Waals surface area contributed by atoms with Gasteiger partial charge in [0.1, 0.15) is 6.10 Å². The van der Waals surface area contributed by atoms with Crippen LogP contribution in [0.5, 0.6) is 5.75 Å². The molecule has 1 aliphatic heterocycles. The van der Waals surface area contributed by atoms with Crippen LogP contribution in [0.4, 0.5) is 10.5 Å². The standard InChI is InChI=1S/C31H39N5O5S/c1-19-16-36(20(2)18-37)30(39)22-12-9-14-24(33-28(38)29-34-23-13-7-8-15-26(23)42-29)27(22)41-25(19)17-35(3)31(40)32-21-10-5-4-6-11-21/h7-9,12-15,19-21,25,37H,4-6,10-11,16-18H2,1-3H3,(H,32,40)(H,33,38)/t19-,20-,25+/m0/s1. The Hall–Kier alpha value is -3.70. The molecule has 2 aromatic carbocycles. The van der Waals surface area contributed by atoms with Crippen molar-refractivity contribution < 1.29 is 24.2 Å². The van der Waals surface area contributed by atoms with E-state index in [9.17, 15) is 19.5 Å². The number of hydrogen-bond acceptors (Lipinski definition) is 7. The molecule has 0 unspecified atom stereocenters. The second-order valence-electron chi connectivity index (χ2n) is 11.4. The summed E-state index contributed by atoms with van der Waals surface area (Å²) < 4.78 is 7.45. The van der Waals surface area contributed by atoms with Crippen LogP contribution in [0.25, 0.3) is 10.2 Å². The summed E-state index contributed by atoms with van der Waals surface area (Å²) in [6.07, 6.45) is 4.91. The van der Waals surface area contributed by atoms with Gasteiger partial charge in [0.25, 0.3) is 11.8 Å². The van der Waals surface area contributed by atoms with Crippen LogP contribution in [-0.4, -0.2) is 82.7 Å². The normalized spacial score (nSPS) is 20.2. The third-order valence-corrected chi connectivity index (χ3v) is 9.20. The van der Waals surface area contributed by atoms with Crippen molar-refractivity contribution in [3.8, 4) is 5.75 Å². The summed E-state index contributed by atoms with van der Waals surface area (Å²) >= 11 is 1.29. The van der Waals surface area contributed by atoms with Gasteiger partial charge in [-0.1, -0.05) is 44.4 Å². The number of thiazole rings is 1. The average molecular weight is 594 g/mol. The molecular formula is C31H39N5O5S. The lowest BCUT2D eigenvalue weighted by atomic mass is 9.96. The zero-order valence-electron chi connectivity index (χ0n) is 24.3. The lowest BCUT2D eigenvalue weighted by Crippen LogP contribution is -2.52. The molecule has 3 aromatic rings. The number of nitrogens with one attached hydrogen (secondary N) is 2. The fraction of sp³-hybridized carbons (Fsp3) is 0.484. The molecule has 2 aliphatic rings. The van der Waals surface area contributed by atoms with Crippen molar-refractivity contribution >= 4 is 45.1 Å². The van der Waals surface area contributed by atoms with Gasteiger partial charge in [0.15, 0.2) is 10.8 Å². The van der Waals surface area contributed by atoms with E-state index in [2.05, 4.69) is 15.6 Å². The number of fused-ring (bicyclic) bond motifs is 2. The maximum absolute atomic E-state index is 13.8. The SMILES string of the molecule is C[C@H]1CN([C@@H](C)CO)C(=O)c2cccc(NC(=O)c3nc4ccccc4s3)c2O[C@@H]1CN(C)C(=O)NC1CCCCC1. The van der Waals surface area contributed by atoms with E-state index in [0.29, 0.717) is 17.2 Å². The van der Waals surface area contributed by atoms with E-state index < -0.39 is 18.1 Å². The van der Waals surface area contributed by atoms with Crippen LogP contribution in [0.2, 0.25) is 0 Å². The Morgan fingerprint density at radius 3 is 2.67 bits per heavy atom. The van der Waals surface area contributed by atoms with Gasteiger partial charge < -0.3 is 30.3 Å². The number of likely N-dealkylation sites (N-methyl/N-ethyl adjacent to an activating group) is 1. The maximum Gasteiger partial charge on any atom is 0.317 e. The molecule has 0 saturated heterocycles. The summed E-state index contributed by atoms with van der Waals surface area (Å²) in [7, 11) is 1.74. The molecule has 3 N–H and O–H groups in total. The number of carbonyl (C=O) groups is 3. The molecule has 2 heterocycles. The molecular weight excluding hydrogens is 554 g/mol. The summed E-state index contributed by atoms with van der Waals surface area (Å²) in [6.45, 7) is 4.18.